The van der Waals surface area contributed by atoms with Crippen LogP contribution in [0.1, 0.15) is 28.2 Å². The van der Waals surface area contributed by atoms with Crippen LogP contribution >= 0.6 is 34.7 Å². The highest BCUT2D eigenvalue weighted by atomic mass is 35.5. The third-order valence-electron chi connectivity index (χ3n) is 3.53. The van der Waals surface area contributed by atoms with Gasteiger partial charge in [-0.25, -0.2) is 0 Å². The zero-order chi connectivity index (χ0) is 17.1. The second-order valence-electron chi connectivity index (χ2n) is 5.20. The van der Waals surface area contributed by atoms with Crippen molar-refractivity contribution in [2.24, 2.45) is 0 Å². The highest BCUT2D eigenvalue weighted by Gasteiger charge is 2.19. The van der Waals surface area contributed by atoms with Crippen LogP contribution in [0.4, 0.5) is 0 Å². The number of aromatic nitrogens is 2. The highest BCUT2D eigenvalue weighted by molar-refractivity contribution is 7.08. The maximum absolute atomic E-state index is 12.6. The fourth-order valence-corrected chi connectivity index (χ4v) is 3.08. The third kappa shape index (κ3) is 3.75. The number of amides is 1. The molecule has 1 aromatic heterocycles. The average Bonchev–Trinajstić information content (AvgIpc) is 3.06. The molecule has 122 valence electrons. The maximum Gasteiger partial charge on any atom is 0.265 e. The normalized spacial score (nSPS) is 12.0. The number of halogens is 2. The predicted octanol–water partition coefficient (Wildman–Crippen LogP) is 5.00. The first-order chi connectivity index (χ1) is 11.5. The zero-order valence-electron chi connectivity index (χ0n) is 12.7. The summed E-state index contributed by atoms with van der Waals surface area (Å²) >= 11 is 12.9. The second kappa shape index (κ2) is 7.30. The topological polar surface area (TPSA) is 54.9 Å². The van der Waals surface area contributed by atoms with E-state index in [2.05, 4.69) is 14.9 Å². The van der Waals surface area contributed by atoms with Gasteiger partial charge in [-0.05, 0) is 48.3 Å². The molecule has 1 atom stereocenters. The van der Waals surface area contributed by atoms with E-state index in [4.69, 9.17) is 23.2 Å². The van der Waals surface area contributed by atoms with Crippen molar-refractivity contribution in [2.45, 2.75) is 13.0 Å². The van der Waals surface area contributed by atoms with Crippen LogP contribution in [0.2, 0.25) is 10.0 Å². The Balaban J connectivity index is 1.80. The maximum atomic E-state index is 12.6. The van der Waals surface area contributed by atoms with E-state index < -0.39 is 0 Å². The summed E-state index contributed by atoms with van der Waals surface area (Å²) in [6.07, 6.45) is 0. The number of benzene rings is 2. The minimum absolute atomic E-state index is 0.157. The van der Waals surface area contributed by atoms with Crippen molar-refractivity contribution in [3.63, 3.8) is 0 Å². The lowest BCUT2D eigenvalue weighted by atomic mass is 10.1. The minimum Gasteiger partial charge on any atom is -0.345 e. The van der Waals surface area contributed by atoms with E-state index in [9.17, 15) is 4.79 Å². The molecule has 2 aromatic carbocycles. The Morgan fingerprint density at radius 2 is 1.62 bits per heavy atom. The van der Waals surface area contributed by atoms with Gasteiger partial charge >= 0.3 is 0 Å². The van der Waals surface area contributed by atoms with E-state index in [0.717, 1.165) is 22.7 Å². The Kier molecular flexibility index (Phi) is 5.14. The van der Waals surface area contributed by atoms with Gasteiger partial charge in [-0.15, -0.1) is 5.10 Å². The Hall–Kier alpha value is -1.95. The molecule has 0 fully saturated rings. The molecular weight excluding hydrogens is 365 g/mol. The van der Waals surface area contributed by atoms with Crippen LogP contribution < -0.4 is 5.32 Å². The fourth-order valence-electron chi connectivity index (χ4n) is 2.23. The van der Waals surface area contributed by atoms with Gasteiger partial charge < -0.3 is 5.32 Å². The summed E-state index contributed by atoms with van der Waals surface area (Å²) in [6.45, 7) is 1.91. The van der Waals surface area contributed by atoms with Crippen LogP contribution in [-0.2, 0) is 0 Å². The van der Waals surface area contributed by atoms with E-state index in [-0.39, 0.29) is 11.9 Å². The number of carbonyl (C=O) groups is 1. The summed E-state index contributed by atoms with van der Waals surface area (Å²) in [6, 6.07) is 14.4. The largest absolute Gasteiger partial charge is 0.345 e. The lowest BCUT2D eigenvalue weighted by Crippen LogP contribution is -2.26. The van der Waals surface area contributed by atoms with Gasteiger partial charge in [-0.1, -0.05) is 52.0 Å². The molecule has 1 amide bonds. The van der Waals surface area contributed by atoms with Gasteiger partial charge in [-0.3, -0.25) is 4.79 Å². The van der Waals surface area contributed by atoms with Gasteiger partial charge in [0.05, 0.1) is 6.04 Å². The van der Waals surface area contributed by atoms with Gasteiger partial charge in [0.2, 0.25) is 0 Å². The molecule has 0 spiro atoms. The first-order valence-electron chi connectivity index (χ1n) is 7.19. The van der Waals surface area contributed by atoms with Crippen LogP contribution in [-0.4, -0.2) is 15.5 Å². The smallest absolute Gasteiger partial charge is 0.265 e. The highest BCUT2D eigenvalue weighted by Crippen LogP contribution is 2.26. The van der Waals surface area contributed by atoms with Crippen molar-refractivity contribution in [2.75, 3.05) is 0 Å². The molecule has 3 rings (SSSR count). The summed E-state index contributed by atoms with van der Waals surface area (Å²) < 4.78 is 3.91. The summed E-state index contributed by atoms with van der Waals surface area (Å²) in [7, 11) is 0. The molecule has 7 heteroatoms. The van der Waals surface area contributed by atoms with E-state index in [1.807, 2.05) is 31.2 Å². The number of carbonyl (C=O) groups excluding carboxylic acids is 1. The number of hydrogen-bond donors (Lipinski definition) is 1. The Morgan fingerprint density at radius 3 is 2.25 bits per heavy atom. The molecule has 0 aliphatic heterocycles. The standard InChI is InChI=1S/C17H13Cl2N3OS/c1-10(11-2-6-13(18)7-3-11)20-17(23)16-15(21-22-24-16)12-4-8-14(19)9-5-12/h2-10H,1H3,(H,20,23). The first-order valence-corrected chi connectivity index (χ1v) is 8.72. The molecule has 1 N–H and O–H groups in total. The lowest BCUT2D eigenvalue weighted by molar-refractivity contribution is 0.0944. The Morgan fingerprint density at radius 1 is 1.04 bits per heavy atom. The van der Waals surface area contributed by atoms with Crippen LogP contribution in [0.3, 0.4) is 0 Å². The Labute approximate surface area is 153 Å². The van der Waals surface area contributed by atoms with Crippen LogP contribution in [0.25, 0.3) is 11.3 Å². The van der Waals surface area contributed by atoms with Gasteiger partial charge in [0.15, 0.2) is 0 Å². The van der Waals surface area contributed by atoms with Gasteiger partial charge in [-0.2, -0.15) is 0 Å². The molecule has 0 saturated heterocycles. The molecule has 0 radical (unpaired) electrons. The van der Waals surface area contributed by atoms with Crippen LogP contribution in [0.5, 0.6) is 0 Å². The molecule has 1 heterocycles. The summed E-state index contributed by atoms with van der Waals surface area (Å²) in [5.41, 5.74) is 2.33. The molecule has 24 heavy (non-hydrogen) atoms. The third-order valence-corrected chi connectivity index (χ3v) is 4.76. The van der Waals surface area contributed by atoms with Crippen molar-refractivity contribution in [1.29, 1.82) is 0 Å². The van der Waals surface area contributed by atoms with Crippen molar-refractivity contribution < 1.29 is 4.79 Å². The average molecular weight is 378 g/mol. The van der Waals surface area contributed by atoms with Crippen molar-refractivity contribution in [1.82, 2.24) is 14.9 Å². The van der Waals surface area contributed by atoms with Crippen LogP contribution in [0.15, 0.2) is 48.5 Å². The van der Waals surface area contributed by atoms with E-state index in [1.54, 1.807) is 24.3 Å². The van der Waals surface area contributed by atoms with Gasteiger partial charge in [0.25, 0.3) is 5.91 Å². The lowest BCUT2D eigenvalue weighted by Gasteiger charge is -2.14. The van der Waals surface area contributed by atoms with E-state index in [1.165, 1.54) is 0 Å². The minimum atomic E-state index is -0.211. The first kappa shape index (κ1) is 16.9. The molecule has 3 aromatic rings. The molecule has 0 aliphatic carbocycles. The van der Waals surface area contributed by atoms with E-state index >= 15 is 0 Å². The number of nitrogens with zero attached hydrogens (tertiary/aromatic N) is 2. The molecule has 4 nitrogen and oxygen atoms in total. The summed E-state index contributed by atoms with van der Waals surface area (Å²) in [4.78, 5) is 13.1. The zero-order valence-corrected chi connectivity index (χ0v) is 15.0. The number of hydrogen-bond acceptors (Lipinski definition) is 4. The number of nitrogens with one attached hydrogen (secondary N) is 1. The fraction of sp³-hybridized carbons (Fsp3) is 0.118. The summed E-state index contributed by atoms with van der Waals surface area (Å²) in [5, 5.41) is 8.33. The van der Waals surface area contributed by atoms with Crippen molar-refractivity contribution >= 4 is 40.6 Å². The molecule has 0 saturated carbocycles. The molecule has 0 aliphatic rings. The summed E-state index contributed by atoms with van der Waals surface area (Å²) in [5.74, 6) is -0.211. The Bertz CT molecular complexity index is 847. The predicted molar refractivity (Wildman–Crippen MR) is 97.7 cm³/mol. The second-order valence-corrected chi connectivity index (χ2v) is 6.83. The number of rotatable bonds is 4. The van der Waals surface area contributed by atoms with Gasteiger partial charge in [0, 0.05) is 15.6 Å². The monoisotopic (exact) mass is 377 g/mol. The quantitative estimate of drug-likeness (QED) is 0.695. The van der Waals surface area contributed by atoms with E-state index in [0.29, 0.717) is 20.6 Å². The molecule has 0 bridgehead atoms. The van der Waals surface area contributed by atoms with Gasteiger partial charge in [0.1, 0.15) is 10.6 Å². The molecular formula is C17H13Cl2N3OS. The van der Waals surface area contributed by atoms with Crippen LogP contribution in [0, 0.1) is 0 Å². The molecule has 1 unspecified atom stereocenters. The SMILES string of the molecule is CC(NC(=O)c1snnc1-c1ccc(Cl)cc1)c1ccc(Cl)cc1. The van der Waals surface area contributed by atoms with Crippen molar-refractivity contribution in [3.8, 4) is 11.3 Å². The van der Waals surface area contributed by atoms with Crippen molar-refractivity contribution in [3.05, 3.63) is 69.0 Å².